The number of likely N-dealkylation sites (tertiary alicyclic amines) is 1. The van der Waals surface area contributed by atoms with Crippen molar-refractivity contribution in [2.24, 2.45) is 5.92 Å². The lowest BCUT2D eigenvalue weighted by Crippen LogP contribution is -2.51. The van der Waals surface area contributed by atoms with Crippen molar-refractivity contribution in [3.8, 4) is 0 Å². The third-order valence-corrected chi connectivity index (χ3v) is 7.35. The number of alkyl halides is 1. The fraction of sp³-hybridized carbons (Fsp3) is 0.565. The van der Waals surface area contributed by atoms with Gasteiger partial charge in [-0.15, -0.1) is 0 Å². The minimum absolute atomic E-state index is 0.0476. The first-order valence-corrected chi connectivity index (χ1v) is 11.4. The van der Waals surface area contributed by atoms with E-state index >= 15 is 0 Å². The van der Waals surface area contributed by atoms with Crippen LogP contribution in [0.2, 0.25) is 5.02 Å². The summed E-state index contributed by atoms with van der Waals surface area (Å²) in [5.74, 6) is 0.00583. The molecule has 31 heavy (non-hydrogen) atoms. The van der Waals surface area contributed by atoms with Crippen LogP contribution in [-0.2, 0) is 9.53 Å². The van der Waals surface area contributed by atoms with E-state index in [1.807, 2.05) is 12.1 Å². The van der Waals surface area contributed by atoms with Crippen LogP contribution in [0.25, 0.3) is 10.8 Å². The predicted octanol–water partition coefficient (Wildman–Crippen LogP) is 3.51. The summed E-state index contributed by atoms with van der Waals surface area (Å²) in [7, 11) is 0. The van der Waals surface area contributed by atoms with Gasteiger partial charge in [0.15, 0.2) is 0 Å². The van der Waals surface area contributed by atoms with Gasteiger partial charge in [0.1, 0.15) is 12.0 Å². The number of piperidine rings is 1. The highest BCUT2D eigenvalue weighted by Gasteiger charge is 2.37. The Bertz CT molecular complexity index is 968. The lowest BCUT2D eigenvalue weighted by Gasteiger charge is -2.41. The van der Waals surface area contributed by atoms with Crippen LogP contribution in [0.1, 0.15) is 37.2 Å². The molecule has 1 saturated carbocycles. The quantitative estimate of drug-likeness (QED) is 0.750. The topological polar surface area (TPSA) is 74.7 Å². The normalized spacial score (nSPS) is 28.0. The second-order valence-electron chi connectivity index (χ2n) is 9.03. The summed E-state index contributed by atoms with van der Waals surface area (Å²) in [5.41, 5.74) is 1.14. The first-order valence-electron chi connectivity index (χ1n) is 11.0. The first-order chi connectivity index (χ1) is 15.0. The number of aliphatic hydroxyl groups is 1. The number of aliphatic hydroxyl groups excluding tert-OH is 1. The van der Waals surface area contributed by atoms with E-state index < -0.39 is 18.2 Å². The number of nitrogens with one attached hydrogen (secondary N) is 1. The number of pyridine rings is 1. The van der Waals surface area contributed by atoms with Gasteiger partial charge < -0.3 is 15.2 Å². The van der Waals surface area contributed by atoms with Gasteiger partial charge >= 0.3 is 0 Å². The maximum atomic E-state index is 13.6. The van der Waals surface area contributed by atoms with E-state index in [0.717, 1.165) is 60.5 Å². The number of rotatable bonds is 4. The number of amides is 1. The van der Waals surface area contributed by atoms with E-state index in [-0.39, 0.29) is 18.7 Å². The summed E-state index contributed by atoms with van der Waals surface area (Å²) in [6, 6.07) is 6.46. The van der Waals surface area contributed by atoms with Crippen molar-refractivity contribution in [2.45, 2.75) is 49.9 Å². The Balaban J connectivity index is 1.30. The van der Waals surface area contributed by atoms with Crippen LogP contribution in [0, 0.1) is 5.92 Å². The molecule has 1 aliphatic carbocycles. The van der Waals surface area contributed by atoms with E-state index in [1.165, 1.54) is 0 Å². The van der Waals surface area contributed by atoms with Crippen LogP contribution in [0.4, 0.5) is 10.2 Å². The molecule has 8 heteroatoms. The van der Waals surface area contributed by atoms with Crippen molar-refractivity contribution in [3.05, 3.63) is 35.0 Å². The molecule has 0 radical (unpaired) electrons. The summed E-state index contributed by atoms with van der Waals surface area (Å²) in [6.45, 7) is 3.78. The number of hydrogen-bond donors (Lipinski definition) is 2. The molecular weight excluding hydrogens is 421 g/mol. The molecule has 166 valence electrons. The number of benzene rings is 1. The Kier molecular flexibility index (Phi) is 5.86. The van der Waals surface area contributed by atoms with Gasteiger partial charge in [0.2, 0.25) is 5.91 Å². The Morgan fingerprint density at radius 1 is 1.19 bits per heavy atom. The SMILES string of the molecule is O=C(Nc1cc2cc(C3CCN(C4COC4)CC3)c(Cl)cc2cn1)[C@@H]1C[C@@H](O)[C@H](F)C1. The maximum Gasteiger partial charge on any atom is 0.228 e. The van der Waals surface area contributed by atoms with Gasteiger partial charge in [-0.05, 0) is 73.8 Å². The van der Waals surface area contributed by atoms with Gasteiger partial charge in [0, 0.05) is 22.5 Å². The molecule has 5 rings (SSSR count). The number of carbonyl (C=O) groups is 1. The number of hydrogen-bond acceptors (Lipinski definition) is 5. The maximum absolute atomic E-state index is 13.6. The van der Waals surface area contributed by atoms with Gasteiger partial charge in [-0.2, -0.15) is 0 Å². The van der Waals surface area contributed by atoms with Gasteiger partial charge in [-0.1, -0.05) is 11.6 Å². The number of carbonyl (C=O) groups excluding carboxylic acids is 1. The van der Waals surface area contributed by atoms with Crippen molar-refractivity contribution < 1.29 is 19.0 Å². The number of anilines is 1. The molecule has 3 atom stereocenters. The van der Waals surface area contributed by atoms with Crippen molar-refractivity contribution in [1.82, 2.24) is 9.88 Å². The Labute approximate surface area is 185 Å². The number of fused-ring (bicyclic) bond motifs is 1. The minimum Gasteiger partial charge on any atom is -0.390 e. The zero-order valence-corrected chi connectivity index (χ0v) is 18.0. The molecule has 0 unspecified atom stereocenters. The third kappa shape index (κ3) is 4.29. The highest BCUT2D eigenvalue weighted by Crippen LogP contribution is 2.37. The smallest absolute Gasteiger partial charge is 0.228 e. The van der Waals surface area contributed by atoms with E-state index in [2.05, 4.69) is 21.3 Å². The van der Waals surface area contributed by atoms with Gasteiger partial charge in [-0.3, -0.25) is 9.69 Å². The fourth-order valence-corrected chi connectivity index (χ4v) is 5.31. The average molecular weight is 448 g/mol. The lowest BCUT2D eigenvalue weighted by molar-refractivity contribution is -0.120. The Hall–Kier alpha value is -1.80. The first kappa shape index (κ1) is 21.1. The van der Waals surface area contributed by atoms with Crippen molar-refractivity contribution in [1.29, 1.82) is 0 Å². The molecule has 1 amide bonds. The van der Waals surface area contributed by atoms with Crippen LogP contribution in [0.15, 0.2) is 24.4 Å². The van der Waals surface area contributed by atoms with E-state index in [9.17, 15) is 14.3 Å². The van der Waals surface area contributed by atoms with Crippen molar-refractivity contribution in [3.63, 3.8) is 0 Å². The molecule has 3 aliphatic rings. The fourth-order valence-electron chi connectivity index (χ4n) is 4.98. The largest absolute Gasteiger partial charge is 0.390 e. The second kappa shape index (κ2) is 8.62. The molecule has 1 aromatic carbocycles. The molecule has 2 aliphatic heterocycles. The monoisotopic (exact) mass is 447 g/mol. The van der Waals surface area contributed by atoms with Crippen LogP contribution in [0.5, 0.6) is 0 Å². The van der Waals surface area contributed by atoms with E-state index in [4.69, 9.17) is 16.3 Å². The van der Waals surface area contributed by atoms with E-state index in [1.54, 1.807) is 6.20 Å². The van der Waals surface area contributed by atoms with Crippen LogP contribution < -0.4 is 5.32 Å². The van der Waals surface area contributed by atoms with Crippen LogP contribution in [0.3, 0.4) is 0 Å². The molecule has 0 spiro atoms. The Morgan fingerprint density at radius 2 is 1.97 bits per heavy atom. The van der Waals surface area contributed by atoms with Crippen molar-refractivity contribution in [2.75, 3.05) is 31.6 Å². The molecule has 6 nitrogen and oxygen atoms in total. The number of ether oxygens (including phenoxy) is 1. The van der Waals surface area contributed by atoms with Crippen LogP contribution in [-0.4, -0.2) is 65.5 Å². The zero-order valence-electron chi connectivity index (χ0n) is 17.3. The summed E-state index contributed by atoms with van der Waals surface area (Å²) < 4.78 is 18.9. The lowest BCUT2D eigenvalue weighted by atomic mass is 9.87. The summed E-state index contributed by atoms with van der Waals surface area (Å²) >= 11 is 6.62. The van der Waals surface area contributed by atoms with Crippen LogP contribution >= 0.6 is 11.6 Å². The minimum atomic E-state index is -1.34. The molecule has 2 saturated heterocycles. The van der Waals surface area contributed by atoms with Gasteiger partial charge in [-0.25, -0.2) is 9.37 Å². The highest BCUT2D eigenvalue weighted by atomic mass is 35.5. The van der Waals surface area contributed by atoms with Gasteiger partial charge in [0.25, 0.3) is 0 Å². The molecule has 3 heterocycles. The summed E-state index contributed by atoms with van der Waals surface area (Å²) in [5, 5.41) is 15.0. The zero-order chi connectivity index (χ0) is 21.5. The van der Waals surface area contributed by atoms with Crippen molar-refractivity contribution >= 4 is 34.1 Å². The number of nitrogens with zero attached hydrogens (tertiary/aromatic N) is 2. The molecule has 2 N–H and O–H groups in total. The molecular formula is C23H27ClFN3O3. The summed E-state index contributed by atoms with van der Waals surface area (Å²) in [4.78, 5) is 19.3. The second-order valence-corrected chi connectivity index (χ2v) is 9.44. The highest BCUT2D eigenvalue weighted by molar-refractivity contribution is 6.32. The molecule has 1 aromatic heterocycles. The van der Waals surface area contributed by atoms with E-state index in [0.29, 0.717) is 17.8 Å². The number of aromatic nitrogens is 1. The molecule has 3 fully saturated rings. The summed E-state index contributed by atoms with van der Waals surface area (Å²) in [6.07, 6.45) is 1.61. The predicted molar refractivity (Wildman–Crippen MR) is 117 cm³/mol. The molecule has 0 bridgehead atoms. The van der Waals surface area contributed by atoms with Gasteiger partial charge in [0.05, 0.1) is 25.4 Å². The number of halogens is 2. The molecule has 2 aromatic rings. The Morgan fingerprint density at radius 3 is 2.61 bits per heavy atom. The standard InChI is InChI=1S/C23H27ClFN3O3/c24-19-6-16-10-26-22(27-23(30)15-7-20(25)21(29)8-15)9-14(16)5-18(19)13-1-3-28(4-2-13)17-11-31-12-17/h5-6,9-10,13,15,17,20-21,29H,1-4,7-8,11-12H2,(H,26,27,30)/t15-,20+,21+/m0/s1. The average Bonchev–Trinajstić information content (AvgIpc) is 3.06. The third-order valence-electron chi connectivity index (χ3n) is 7.02.